The first-order chi connectivity index (χ1) is 8.79. The highest BCUT2D eigenvalue weighted by molar-refractivity contribution is 8.03. The fraction of sp³-hybridized carbons (Fsp3) is 0.308. The molecule has 5 N–H and O–H groups in total. The molecule has 19 heavy (non-hydrogen) atoms. The van der Waals surface area contributed by atoms with Gasteiger partial charge in [0.15, 0.2) is 0 Å². The van der Waals surface area contributed by atoms with Crippen molar-refractivity contribution in [3.63, 3.8) is 0 Å². The SMILES string of the molecule is C=C(N)/C=C(C)/C=C/C/C(=C(\SC)C(=N)N)N(C)F. The molecule has 0 rings (SSSR count). The molecule has 0 radical (unpaired) electrons. The maximum Gasteiger partial charge on any atom is 0.131 e. The molecule has 0 aliphatic heterocycles. The van der Waals surface area contributed by atoms with Crippen LogP contribution in [0.25, 0.3) is 0 Å². The molecule has 0 spiro atoms. The predicted molar refractivity (Wildman–Crippen MR) is 82.2 cm³/mol. The van der Waals surface area contributed by atoms with Crippen LogP contribution in [0, 0.1) is 5.41 Å². The average molecular weight is 284 g/mol. The quantitative estimate of drug-likeness (QED) is 0.291. The van der Waals surface area contributed by atoms with Crippen molar-refractivity contribution in [2.45, 2.75) is 13.3 Å². The first-order valence-electron chi connectivity index (χ1n) is 5.59. The molecule has 0 aromatic carbocycles. The van der Waals surface area contributed by atoms with E-state index in [-0.39, 0.29) is 5.84 Å². The predicted octanol–water partition coefficient (Wildman–Crippen LogP) is 2.68. The second-order valence-corrected chi connectivity index (χ2v) is 4.76. The van der Waals surface area contributed by atoms with Crippen LogP contribution in [0.2, 0.25) is 0 Å². The van der Waals surface area contributed by atoms with E-state index in [9.17, 15) is 4.48 Å². The monoisotopic (exact) mass is 284 g/mol. The third-order valence-corrected chi connectivity index (χ3v) is 3.05. The van der Waals surface area contributed by atoms with Gasteiger partial charge < -0.3 is 11.5 Å². The number of nitrogens with two attached hydrogens (primary N) is 2. The summed E-state index contributed by atoms with van der Waals surface area (Å²) < 4.78 is 13.4. The second-order valence-electron chi connectivity index (χ2n) is 3.94. The molecule has 0 atom stereocenters. The van der Waals surface area contributed by atoms with E-state index in [0.717, 1.165) is 5.57 Å². The Morgan fingerprint density at radius 3 is 2.42 bits per heavy atom. The first kappa shape index (κ1) is 17.3. The standard InChI is InChI=1S/C13H21FN4S/c1-9(8-10(2)15)6-5-7-11(18(3)14)12(19-4)13(16)17/h5-6,8H,2,7,15H2,1,3-4H3,(H3,16,17)/b6-5+,9-8+,12-11+. The Kier molecular flexibility index (Phi) is 7.67. The smallest absolute Gasteiger partial charge is 0.131 e. The number of halogens is 1. The van der Waals surface area contributed by atoms with Gasteiger partial charge >= 0.3 is 0 Å². The van der Waals surface area contributed by atoms with Gasteiger partial charge in [0.2, 0.25) is 0 Å². The summed E-state index contributed by atoms with van der Waals surface area (Å²) in [5, 5.41) is 7.91. The number of nitrogens with zero attached hydrogens (tertiary/aromatic N) is 1. The van der Waals surface area contributed by atoms with Gasteiger partial charge in [0.1, 0.15) is 5.84 Å². The van der Waals surface area contributed by atoms with E-state index in [0.29, 0.717) is 27.8 Å². The van der Waals surface area contributed by atoms with E-state index in [1.165, 1.54) is 18.8 Å². The van der Waals surface area contributed by atoms with Crippen LogP contribution in [0.15, 0.2) is 46.7 Å². The summed E-state index contributed by atoms with van der Waals surface area (Å²) in [6.45, 7) is 5.45. The van der Waals surface area contributed by atoms with Gasteiger partial charge in [0.25, 0.3) is 0 Å². The minimum Gasteiger partial charge on any atom is -0.399 e. The number of hydrogen-bond donors (Lipinski definition) is 3. The highest BCUT2D eigenvalue weighted by Crippen LogP contribution is 2.22. The van der Waals surface area contributed by atoms with E-state index in [1.807, 2.05) is 13.0 Å². The summed E-state index contributed by atoms with van der Waals surface area (Å²) in [5.74, 6) is -0.136. The fourth-order valence-corrected chi connectivity index (χ4v) is 2.10. The number of thioether (sulfide) groups is 1. The Bertz CT molecular complexity index is 436. The molecule has 0 saturated heterocycles. The van der Waals surface area contributed by atoms with Gasteiger partial charge in [0.05, 0.1) is 10.6 Å². The topological polar surface area (TPSA) is 79.1 Å². The molecule has 106 valence electrons. The lowest BCUT2D eigenvalue weighted by Gasteiger charge is -2.15. The minimum absolute atomic E-state index is 0.136. The maximum absolute atomic E-state index is 13.4. The number of rotatable bonds is 7. The van der Waals surface area contributed by atoms with Crippen molar-refractivity contribution in [3.8, 4) is 0 Å². The normalized spacial score (nSPS) is 13.4. The zero-order chi connectivity index (χ0) is 15.0. The number of hydrogen-bond acceptors (Lipinski definition) is 4. The highest BCUT2D eigenvalue weighted by atomic mass is 32.2. The van der Waals surface area contributed by atoms with Gasteiger partial charge in [-0.25, -0.2) is 5.12 Å². The van der Waals surface area contributed by atoms with Crippen molar-refractivity contribution in [2.24, 2.45) is 11.5 Å². The van der Waals surface area contributed by atoms with Crippen molar-refractivity contribution in [1.29, 1.82) is 5.41 Å². The first-order valence-corrected chi connectivity index (χ1v) is 6.82. The molecule has 0 aromatic rings. The summed E-state index contributed by atoms with van der Waals surface area (Å²) in [5.41, 5.74) is 12.6. The van der Waals surface area contributed by atoms with Crippen LogP contribution in [0.4, 0.5) is 4.48 Å². The number of amidine groups is 1. The van der Waals surface area contributed by atoms with Gasteiger partial charge in [0, 0.05) is 19.2 Å². The average Bonchev–Trinajstić information content (AvgIpc) is 2.26. The van der Waals surface area contributed by atoms with E-state index in [2.05, 4.69) is 6.58 Å². The molecular weight excluding hydrogens is 263 g/mol. The fourth-order valence-electron chi connectivity index (χ4n) is 1.44. The molecule has 4 nitrogen and oxygen atoms in total. The van der Waals surface area contributed by atoms with Crippen LogP contribution in [0.5, 0.6) is 0 Å². The molecular formula is C13H21FN4S. The lowest BCUT2D eigenvalue weighted by Crippen LogP contribution is -2.17. The minimum atomic E-state index is -0.136. The molecule has 0 unspecified atom stereocenters. The van der Waals surface area contributed by atoms with Crippen LogP contribution in [0.1, 0.15) is 13.3 Å². The Labute approximate surface area is 118 Å². The Morgan fingerprint density at radius 2 is 2.05 bits per heavy atom. The third-order valence-electron chi connectivity index (χ3n) is 2.19. The van der Waals surface area contributed by atoms with E-state index < -0.39 is 0 Å². The molecule has 0 aliphatic carbocycles. The number of nitrogens with one attached hydrogen (secondary N) is 1. The van der Waals surface area contributed by atoms with Gasteiger partial charge in [-0.3, -0.25) is 5.41 Å². The molecule has 0 aliphatic rings. The van der Waals surface area contributed by atoms with Crippen molar-refractivity contribution < 1.29 is 4.48 Å². The van der Waals surface area contributed by atoms with E-state index >= 15 is 0 Å². The Balaban J connectivity index is 5.04. The molecule has 0 amide bonds. The largest absolute Gasteiger partial charge is 0.399 e. The van der Waals surface area contributed by atoms with Crippen molar-refractivity contribution in [3.05, 3.63) is 46.7 Å². The van der Waals surface area contributed by atoms with Crippen molar-refractivity contribution in [1.82, 2.24) is 5.12 Å². The van der Waals surface area contributed by atoms with Crippen molar-refractivity contribution >= 4 is 17.6 Å². The summed E-state index contributed by atoms with van der Waals surface area (Å²) >= 11 is 1.25. The van der Waals surface area contributed by atoms with Crippen LogP contribution < -0.4 is 11.5 Å². The van der Waals surface area contributed by atoms with Gasteiger partial charge in [-0.1, -0.05) is 18.7 Å². The van der Waals surface area contributed by atoms with Crippen LogP contribution in [0.3, 0.4) is 0 Å². The van der Waals surface area contributed by atoms with E-state index in [1.54, 1.807) is 18.4 Å². The number of allylic oxidation sites excluding steroid dienone is 4. The van der Waals surface area contributed by atoms with Gasteiger partial charge in [-0.05, 0) is 24.8 Å². The van der Waals surface area contributed by atoms with Gasteiger partial charge in [-0.2, -0.15) is 0 Å². The zero-order valence-corrected chi connectivity index (χ0v) is 12.4. The molecule has 6 heteroatoms. The van der Waals surface area contributed by atoms with Gasteiger partial charge in [-0.15, -0.1) is 16.2 Å². The Morgan fingerprint density at radius 1 is 1.47 bits per heavy atom. The van der Waals surface area contributed by atoms with Crippen LogP contribution in [-0.4, -0.2) is 24.3 Å². The highest BCUT2D eigenvalue weighted by Gasteiger charge is 2.12. The molecule has 0 bridgehead atoms. The lowest BCUT2D eigenvalue weighted by molar-refractivity contribution is 0.105. The molecule has 0 fully saturated rings. The van der Waals surface area contributed by atoms with Crippen LogP contribution >= 0.6 is 11.8 Å². The molecule has 0 saturated carbocycles. The van der Waals surface area contributed by atoms with E-state index in [4.69, 9.17) is 16.9 Å². The summed E-state index contributed by atoms with van der Waals surface area (Å²) in [6, 6.07) is 0. The summed E-state index contributed by atoms with van der Waals surface area (Å²) in [7, 11) is 1.28. The lowest BCUT2D eigenvalue weighted by atomic mass is 10.2. The maximum atomic E-state index is 13.4. The molecule has 0 aromatic heterocycles. The molecule has 0 heterocycles. The van der Waals surface area contributed by atoms with Crippen LogP contribution in [-0.2, 0) is 0 Å². The zero-order valence-electron chi connectivity index (χ0n) is 11.5. The summed E-state index contributed by atoms with van der Waals surface area (Å²) in [6.07, 6.45) is 7.43. The third kappa shape index (κ3) is 6.71. The summed E-state index contributed by atoms with van der Waals surface area (Å²) in [4.78, 5) is 0.430. The van der Waals surface area contributed by atoms with Crippen molar-refractivity contribution in [2.75, 3.05) is 13.3 Å². The second kappa shape index (κ2) is 8.42. The Hall–Kier alpha value is -1.69.